The Morgan fingerprint density at radius 1 is 1.24 bits per heavy atom. The first-order valence-corrected chi connectivity index (χ1v) is 7.93. The second-order valence-corrected chi connectivity index (χ2v) is 6.83. The third-order valence-corrected chi connectivity index (χ3v) is 5.54. The van der Waals surface area contributed by atoms with Crippen LogP contribution >= 0.6 is 0 Å². The molecule has 4 nitrogen and oxygen atoms in total. The first kappa shape index (κ1) is 15.6. The molecule has 112 valence electrons. The van der Waals surface area contributed by atoms with Gasteiger partial charge in [0.05, 0.1) is 16.6 Å². The molecule has 2 rings (SSSR count). The predicted molar refractivity (Wildman–Crippen MR) is 78.7 cm³/mol. The zero-order valence-corrected chi connectivity index (χ0v) is 12.9. The van der Waals surface area contributed by atoms with E-state index < -0.39 is 21.9 Å². The van der Waals surface area contributed by atoms with Crippen LogP contribution in [0.3, 0.4) is 0 Å². The number of halogens is 1. The molecule has 0 bridgehead atoms. The SMILES string of the molecule is Cc1cc(F)ccc1S(=O)(=O)N(C)C(C)c1ccccn1. The number of benzene rings is 1. The van der Waals surface area contributed by atoms with Crippen LogP contribution in [0.4, 0.5) is 4.39 Å². The van der Waals surface area contributed by atoms with Gasteiger partial charge in [-0.05, 0) is 49.7 Å². The highest BCUT2D eigenvalue weighted by atomic mass is 32.2. The average Bonchev–Trinajstić information content (AvgIpc) is 2.46. The Balaban J connectivity index is 2.39. The topological polar surface area (TPSA) is 50.3 Å². The molecule has 6 heteroatoms. The van der Waals surface area contributed by atoms with E-state index in [2.05, 4.69) is 4.98 Å². The number of rotatable bonds is 4. The minimum absolute atomic E-state index is 0.106. The van der Waals surface area contributed by atoms with Crippen molar-refractivity contribution in [3.63, 3.8) is 0 Å². The summed E-state index contributed by atoms with van der Waals surface area (Å²) < 4.78 is 39.7. The predicted octanol–water partition coefficient (Wildman–Crippen LogP) is 2.91. The molecule has 0 spiro atoms. The van der Waals surface area contributed by atoms with Gasteiger partial charge in [0, 0.05) is 13.2 Å². The summed E-state index contributed by atoms with van der Waals surface area (Å²) in [5, 5.41) is 0. The van der Waals surface area contributed by atoms with Crippen LogP contribution in [-0.2, 0) is 10.0 Å². The fourth-order valence-corrected chi connectivity index (χ4v) is 3.62. The molecule has 0 saturated heterocycles. The average molecular weight is 308 g/mol. The molecule has 2 aromatic rings. The van der Waals surface area contributed by atoms with Gasteiger partial charge in [0.25, 0.3) is 0 Å². The van der Waals surface area contributed by atoms with Crippen molar-refractivity contribution in [2.75, 3.05) is 7.05 Å². The van der Waals surface area contributed by atoms with Crippen molar-refractivity contribution in [1.82, 2.24) is 9.29 Å². The van der Waals surface area contributed by atoms with Crippen molar-refractivity contribution in [3.05, 3.63) is 59.7 Å². The summed E-state index contributed by atoms with van der Waals surface area (Å²) >= 11 is 0. The molecule has 1 heterocycles. The van der Waals surface area contributed by atoms with E-state index in [1.165, 1.54) is 23.5 Å². The Labute approximate surface area is 124 Å². The maximum absolute atomic E-state index is 13.1. The van der Waals surface area contributed by atoms with Crippen molar-refractivity contribution in [2.45, 2.75) is 24.8 Å². The van der Waals surface area contributed by atoms with Crippen LogP contribution in [-0.4, -0.2) is 24.8 Å². The summed E-state index contributed by atoms with van der Waals surface area (Å²) in [6.45, 7) is 3.34. The lowest BCUT2D eigenvalue weighted by Crippen LogP contribution is -2.30. The molecule has 21 heavy (non-hydrogen) atoms. The molecule has 0 saturated carbocycles. The Bertz CT molecular complexity index is 733. The standard InChI is InChI=1S/C15H17FN2O2S/c1-11-10-13(16)7-8-15(11)21(19,20)18(3)12(2)14-6-4-5-9-17-14/h4-10,12H,1-3H3. The van der Waals surface area contributed by atoms with Crippen LogP contribution in [0, 0.1) is 12.7 Å². The van der Waals surface area contributed by atoms with Crippen LogP contribution in [0.15, 0.2) is 47.5 Å². The third-order valence-electron chi connectivity index (χ3n) is 3.46. The van der Waals surface area contributed by atoms with Gasteiger partial charge in [0.15, 0.2) is 0 Å². The largest absolute Gasteiger partial charge is 0.260 e. The molecule has 1 unspecified atom stereocenters. The number of nitrogens with zero attached hydrogens (tertiary/aromatic N) is 2. The highest BCUT2D eigenvalue weighted by Crippen LogP contribution is 2.26. The molecule has 0 aliphatic heterocycles. The Morgan fingerprint density at radius 3 is 2.52 bits per heavy atom. The van der Waals surface area contributed by atoms with E-state index in [1.807, 2.05) is 6.07 Å². The van der Waals surface area contributed by atoms with Gasteiger partial charge in [0.1, 0.15) is 5.82 Å². The maximum Gasteiger partial charge on any atom is 0.243 e. The molecule has 0 radical (unpaired) electrons. The van der Waals surface area contributed by atoms with Crippen LogP contribution in [0.2, 0.25) is 0 Å². The van der Waals surface area contributed by atoms with Gasteiger partial charge in [-0.3, -0.25) is 4.98 Å². The van der Waals surface area contributed by atoms with E-state index in [-0.39, 0.29) is 4.90 Å². The molecule has 0 aliphatic carbocycles. The highest BCUT2D eigenvalue weighted by molar-refractivity contribution is 7.89. The van der Waals surface area contributed by atoms with Gasteiger partial charge in [-0.1, -0.05) is 6.07 Å². The second kappa shape index (κ2) is 5.91. The maximum atomic E-state index is 13.1. The molecule has 0 amide bonds. The number of hydrogen-bond donors (Lipinski definition) is 0. The van der Waals surface area contributed by atoms with E-state index in [1.54, 1.807) is 32.2 Å². The quantitative estimate of drug-likeness (QED) is 0.872. The van der Waals surface area contributed by atoms with Gasteiger partial charge in [-0.15, -0.1) is 0 Å². The van der Waals surface area contributed by atoms with Gasteiger partial charge in [-0.2, -0.15) is 4.31 Å². The summed E-state index contributed by atoms with van der Waals surface area (Å²) in [5.41, 5.74) is 1.04. The molecule has 1 atom stereocenters. The molecule has 1 aromatic heterocycles. The highest BCUT2D eigenvalue weighted by Gasteiger charge is 2.28. The third kappa shape index (κ3) is 3.11. The molecule has 0 aliphatic rings. The van der Waals surface area contributed by atoms with Gasteiger partial charge >= 0.3 is 0 Å². The number of aryl methyl sites for hydroxylation is 1. The zero-order chi connectivity index (χ0) is 15.6. The zero-order valence-electron chi connectivity index (χ0n) is 12.1. The van der Waals surface area contributed by atoms with Gasteiger partial charge in [0.2, 0.25) is 10.0 Å². The minimum Gasteiger partial charge on any atom is -0.260 e. The lowest BCUT2D eigenvalue weighted by molar-refractivity contribution is 0.391. The number of hydrogen-bond acceptors (Lipinski definition) is 3. The number of aromatic nitrogens is 1. The first-order chi connectivity index (χ1) is 9.84. The van der Waals surface area contributed by atoms with Crippen LogP contribution in [0.1, 0.15) is 24.2 Å². The summed E-state index contributed by atoms with van der Waals surface area (Å²) in [5.74, 6) is -0.452. The van der Waals surface area contributed by atoms with E-state index >= 15 is 0 Å². The van der Waals surface area contributed by atoms with Crippen LogP contribution < -0.4 is 0 Å². The van der Waals surface area contributed by atoms with Crippen molar-refractivity contribution in [3.8, 4) is 0 Å². The fourth-order valence-electron chi connectivity index (χ4n) is 2.07. The van der Waals surface area contributed by atoms with Crippen LogP contribution in [0.25, 0.3) is 0 Å². The van der Waals surface area contributed by atoms with Crippen molar-refractivity contribution >= 4 is 10.0 Å². The lowest BCUT2D eigenvalue weighted by atomic mass is 10.2. The molecular weight excluding hydrogens is 291 g/mol. The van der Waals surface area contributed by atoms with E-state index in [0.29, 0.717) is 11.3 Å². The lowest BCUT2D eigenvalue weighted by Gasteiger charge is -2.24. The van der Waals surface area contributed by atoms with E-state index in [4.69, 9.17) is 0 Å². The summed E-state index contributed by atoms with van der Waals surface area (Å²) in [4.78, 5) is 4.28. The molecule has 0 fully saturated rings. The van der Waals surface area contributed by atoms with Crippen molar-refractivity contribution in [1.29, 1.82) is 0 Å². The van der Waals surface area contributed by atoms with Crippen LogP contribution in [0.5, 0.6) is 0 Å². The Morgan fingerprint density at radius 2 is 1.95 bits per heavy atom. The van der Waals surface area contributed by atoms with Crippen molar-refractivity contribution in [2.24, 2.45) is 0 Å². The van der Waals surface area contributed by atoms with E-state index in [9.17, 15) is 12.8 Å². The second-order valence-electron chi connectivity index (χ2n) is 4.86. The van der Waals surface area contributed by atoms with Gasteiger partial charge in [-0.25, -0.2) is 12.8 Å². The summed E-state index contributed by atoms with van der Waals surface area (Å²) in [7, 11) is -2.21. The minimum atomic E-state index is -3.71. The first-order valence-electron chi connectivity index (χ1n) is 6.49. The monoisotopic (exact) mass is 308 g/mol. The van der Waals surface area contributed by atoms with Crippen molar-refractivity contribution < 1.29 is 12.8 Å². The fraction of sp³-hybridized carbons (Fsp3) is 0.267. The normalized spacial score (nSPS) is 13.4. The summed E-state index contributed by atoms with van der Waals surface area (Å²) in [6, 6.07) is 8.60. The Hall–Kier alpha value is -1.79. The molecular formula is C15H17FN2O2S. The Kier molecular flexibility index (Phi) is 4.39. The summed E-state index contributed by atoms with van der Waals surface area (Å²) in [6.07, 6.45) is 1.62. The van der Waals surface area contributed by atoms with Gasteiger partial charge < -0.3 is 0 Å². The smallest absolute Gasteiger partial charge is 0.243 e. The van der Waals surface area contributed by atoms with E-state index in [0.717, 1.165) is 6.07 Å². The molecule has 0 N–H and O–H groups in total. The molecule has 1 aromatic carbocycles. The number of pyridine rings is 1. The number of sulfonamides is 1.